The third kappa shape index (κ3) is 4.29. The van der Waals surface area contributed by atoms with Crippen LogP contribution in [0.2, 0.25) is 5.28 Å². The Bertz CT molecular complexity index is 554. The first kappa shape index (κ1) is 15.5. The lowest BCUT2D eigenvalue weighted by Crippen LogP contribution is -2.27. The molecule has 0 aliphatic carbocycles. The first-order valence-electron chi connectivity index (χ1n) is 7.01. The van der Waals surface area contributed by atoms with Gasteiger partial charge in [0.15, 0.2) is 0 Å². The summed E-state index contributed by atoms with van der Waals surface area (Å²) in [6.07, 6.45) is 5.45. The summed E-state index contributed by atoms with van der Waals surface area (Å²) in [7, 11) is 0. The second-order valence-electron chi connectivity index (χ2n) is 4.71. The van der Waals surface area contributed by atoms with Crippen molar-refractivity contribution in [2.24, 2.45) is 0 Å². The molecule has 0 saturated heterocycles. The predicted octanol–water partition coefficient (Wildman–Crippen LogP) is 2.07. The molecule has 2 rings (SSSR count). The molecule has 2 aromatic rings. The number of aromatic nitrogens is 5. The van der Waals surface area contributed by atoms with Crippen LogP contribution in [0.3, 0.4) is 0 Å². The summed E-state index contributed by atoms with van der Waals surface area (Å²) in [4.78, 5) is 18.8. The molecule has 0 aromatic carbocycles. The molecule has 114 valence electrons. The normalized spacial score (nSPS) is 12.2. The van der Waals surface area contributed by atoms with E-state index in [1.807, 2.05) is 15.7 Å². The lowest BCUT2D eigenvalue weighted by atomic mass is 10.3. The molecule has 0 bridgehead atoms. The molecule has 0 amide bonds. The van der Waals surface area contributed by atoms with Gasteiger partial charge in [-0.3, -0.25) is 0 Å². The van der Waals surface area contributed by atoms with E-state index in [4.69, 9.17) is 11.6 Å². The molecule has 0 saturated carbocycles. The largest absolute Gasteiger partial charge is 0.350 e. The molecule has 0 aliphatic heterocycles. The zero-order chi connectivity index (χ0) is 15.2. The monoisotopic (exact) mass is 309 g/mol. The van der Waals surface area contributed by atoms with Crippen molar-refractivity contribution >= 4 is 23.5 Å². The van der Waals surface area contributed by atoms with E-state index in [2.05, 4.69) is 46.0 Å². The highest BCUT2D eigenvalue weighted by Crippen LogP contribution is 2.14. The Hall–Kier alpha value is -1.89. The molecule has 0 fully saturated rings. The Balaban J connectivity index is 2.08. The number of anilines is 2. The SMILES string of the molecule is CCN(CC)c1nc(Cl)nc(NC(C)Cn2ccnc2)n1. The molecule has 7 nitrogen and oxygen atoms in total. The number of rotatable bonds is 7. The van der Waals surface area contributed by atoms with Gasteiger partial charge in [0.2, 0.25) is 17.2 Å². The molecule has 2 heterocycles. The predicted molar refractivity (Wildman–Crippen MR) is 83.7 cm³/mol. The maximum absolute atomic E-state index is 5.99. The van der Waals surface area contributed by atoms with Crippen LogP contribution in [-0.4, -0.2) is 43.6 Å². The minimum absolute atomic E-state index is 0.141. The van der Waals surface area contributed by atoms with Crippen molar-refractivity contribution in [2.45, 2.75) is 33.4 Å². The van der Waals surface area contributed by atoms with Crippen molar-refractivity contribution < 1.29 is 0 Å². The Labute approximate surface area is 129 Å². The smallest absolute Gasteiger partial charge is 0.231 e. The standard InChI is InChI=1S/C13H20ClN7/c1-4-21(5-2)13-18-11(14)17-12(19-13)16-10(3)8-20-7-6-15-9-20/h6-7,9-10H,4-5,8H2,1-3H3,(H,16,17,18,19). The Morgan fingerprint density at radius 3 is 2.67 bits per heavy atom. The fourth-order valence-corrected chi connectivity index (χ4v) is 2.18. The number of halogens is 1. The van der Waals surface area contributed by atoms with E-state index in [-0.39, 0.29) is 11.3 Å². The summed E-state index contributed by atoms with van der Waals surface area (Å²) in [5.74, 6) is 1.09. The van der Waals surface area contributed by atoms with Gasteiger partial charge < -0.3 is 14.8 Å². The van der Waals surface area contributed by atoms with Crippen LogP contribution >= 0.6 is 11.6 Å². The van der Waals surface area contributed by atoms with Crippen LogP contribution < -0.4 is 10.2 Å². The summed E-state index contributed by atoms with van der Waals surface area (Å²) in [5, 5.41) is 3.44. The molecule has 1 unspecified atom stereocenters. The van der Waals surface area contributed by atoms with Crippen molar-refractivity contribution in [1.29, 1.82) is 0 Å². The van der Waals surface area contributed by atoms with Crippen LogP contribution in [0.15, 0.2) is 18.7 Å². The summed E-state index contributed by atoms with van der Waals surface area (Å²) in [5.41, 5.74) is 0. The zero-order valence-electron chi connectivity index (χ0n) is 12.5. The Morgan fingerprint density at radius 1 is 1.29 bits per heavy atom. The van der Waals surface area contributed by atoms with E-state index >= 15 is 0 Å². The van der Waals surface area contributed by atoms with Gasteiger partial charge in [-0.15, -0.1) is 0 Å². The second-order valence-corrected chi connectivity index (χ2v) is 5.04. The molecular weight excluding hydrogens is 290 g/mol. The molecule has 0 spiro atoms. The van der Waals surface area contributed by atoms with Gasteiger partial charge in [0.25, 0.3) is 0 Å². The number of hydrogen-bond acceptors (Lipinski definition) is 6. The third-order valence-corrected chi connectivity index (χ3v) is 3.23. The van der Waals surface area contributed by atoms with Crippen LogP contribution in [0.4, 0.5) is 11.9 Å². The average Bonchev–Trinajstić information content (AvgIpc) is 2.92. The van der Waals surface area contributed by atoms with E-state index in [0.29, 0.717) is 11.9 Å². The van der Waals surface area contributed by atoms with Crippen molar-refractivity contribution in [2.75, 3.05) is 23.3 Å². The molecule has 1 atom stereocenters. The highest BCUT2D eigenvalue weighted by atomic mass is 35.5. The fourth-order valence-electron chi connectivity index (χ4n) is 2.03. The van der Waals surface area contributed by atoms with Crippen LogP contribution in [0, 0.1) is 0 Å². The van der Waals surface area contributed by atoms with E-state index in [1.165, 1.54) is 0 Å². The fraction of sp³-hybridized carbons (Fsp3) is 0.538. The van der Waals surface area contributed by atoms with Crippen molar-refractivity contribution in [3.8, 4) is 0 Å². The zero-order valence-corrected chi connectivity index (χ0v) is 13.2. The highest BCUT2D eigenvalue weighted by Gasteiger charge is 2.12. The lowest BCUT2D eigenvalue weighted by Gasteiger charge is -2.20. The number of imidazole rings is 1. The summed E-state index contributed by atoms with van der Waals surface area (Å²) in [6.45, 7) is 8.56. The van der Waals surface area contributed by atoms with Gasteiger partial charge in [-0.05, 0) is 32.4 Å². The number of hydrogen-bond donors (Lipinski definition) is 1. The summed E-state index contributed by atoms with van der Waals surface area (Å²) in [6, 6.07) is 0.141. The molecule has 0 aliphatic rings. The lowest BCUT2D eigenvalue weighted by molar-refractivity contribution is 0.614. The number of nitrogens with one attached hydrogen (secondary N) is 1. The Morgan fingerprint density at radius 2 is 2.05 bits per heavy atom. The molecule has 1 N–H and O–H groups in total. The molecule has 21 heavy (non-hydrogen) atoms. The van der Waals surface area contributed by atoms with Gasteiger partial charge in [0.05, 0.1) is 6.33 Å². The highest BCUT2D eigenvalue weighted by molar-refractivity contribution is 6.28. The summed E-state index contributed by atoms with van der Waals surface area (Å²) < 4.78 is 1.99. The molecular formula is C13H20ClN7. The van der Waals surface area contributed by atoms with E-state index in [0.717, 1.165) is 19.6 Å². The first-order chi connectivity index (χ1) is 10.1. The van der Waals surface area contributed by atoms with Crippen molar-refractivity contribution in [1.82, 2.24) is 24.5 Å². The van der Waals surface area contributed by atoms with Gasteiger partial charge in [0, 0.05) is 38.1 Å². The van der Waals surface area contributed by atoms with Crippen LogP contribution in [-0.2, 0) is 6.54 Å². The Kier molecular flexibility index (Phi) is 5.32. The van der Waals surface area contributed by atoms with Crippen LogP contribution in [0.25, 0.3) is 0 Å². The molecule has 2 aromatic heterocycles. The van der Waals surface area contributed by atoms with Gasteiger partial charge in [0.1, 0.15) is 0 Å². The van der Waals surface area contributed by atoms with E-state index in [9.17, 15) is 0 Å². The second kappa shape index (κ2) is 7.21. The van der Waals surface area contributed by atoms with Crippen molar-refractivity contribution in [3.63, 3.8) is 0 Å². The first-order valence-corrected chi connectivity index (χ1v) is 7.39. The van der Waals surface area contributed by atoms with E-state index < -0.39 is 0 Å². The minimum atomic E-state index is 0.141. The van der Waals surface area contributed by atoms with Crippen LogP contribution in [0.1, 0.15) is 20.8 Å². The number of nitrogens with zero attached hydrogens (tertiary/aromatic N) is 6. The van der Waals surface area contributed by atoms with Gasteiger partial charge in [-0.2, -0.15) is 15.0 Å². The van der Waals surface area contributed by atoms with Gasteiger partial charge in [-0.25, -0.2) is 4.98 Å². The van der Waals surface area contributed by atoms with Crippen molar-refractivity contribution in [3.05, 3.63) is 24.0 Å². The average molecular weight is 310 g/mol. The quantitative estimate of drug-likeness (QED) is 0.844. The van der Waals surface area contributed by atoms with Gasteiger partial charge >= 0.3 is 0 Å². The van der Waals surface area contributed by atoms with Gasteiger partial charge in [-0.1, -0.05) is 0 Å². The maximum Gasteiger partial charge on any atom is 0.231 e. The molecule has 8 heteroatoms. The minimum Gasteiger partial charge on any atom is -0.350 e. The van der Waals surface area contributed by atoms with Crippen LogP contribution in [0.5, 0.6) is 0 Å². The summed E-state index contributed by atoms with van der Waals surface area (Å²) >= 11 is 5.99. The molecule has 0 radical (unpaired) electrons. The topological polar surface area (TPSA) is 71.8 Å². The van der Waals surface area contributed by atoms with E-state index in [1.54, 1.807) is 12.5 Å². The maximum atomic E-state index is 5.99. The third-order valence-electron chi connectivity index (χ3n) is 3.06.